The zero-order valence-corrected chi connectivity index (χ0v) is 10.3. The lowest BCUT2D eigenvalue weighted by atomic mass is 10.1. The van der Waals surface area contributed by atoms with E-state index in [2.05, 4.69) is 4.98 Å². The first kappa shape index (κ1) is 12.8. The highest BCUT2D eigenvalue weighted by Gasteiger charge is 2.87. The molecule has 104 valence electrons. The molecular formula is C10H11ClFN3O4. The third kappa shape index (κ3) is 1.32. The van der Waals surface area contributed by atoms with E-state index >= 15 is 0 Å². The zero-order valence-electron chi connectivity index (χ0n) is 9.53. The predicted octanol–water partition coefficient (Wildman–Crippen LogP) is -1.22. The van der Waals surface area contributed by atoms with Gasteiger partial charge in [-0.05, 0) is 6.07 Å². The number of aliphatic hydroxyl groups is 2. The van der Waals surface area contributed by atoms with Gasteiger partial charge in [0.1, 0.15) is 17.5 Å². The molecule has 4 N–H and O–H groups in total. The minimum Gasteiger partial charge on any atom is -0.387 e. The molecule has 2 aliphatic rings. The van der Waals surface area contributed by atoms with Gasteiger partial charge in [0.25, 0.3) is 0 Å². The molecule has 3 rings (SSSR count). The van der Waals surface area contributed by atoms with Crippen LogP contribution in [0.15, 0.2) is 17.1 Å². The summed E-state index contributed by atoms with van der Waals surface area (Å²) in [7, 11) is 0. The van der Waals surface area contributed by atoms with Crippen LogP contribution in [0.4, 0.5) is 10.2 Å². The van der Waals surface area contributed by atoms with E-state index in [9.17, 15) is 19.4 Å². The molecule has 0 aromatic carbocycles. The van der Waals surface area contributed by atoms with Gasteiger partial charge in [0.05, 0.1) is 5.88 Å². The fourth-order valence-corrected chi connectivity index (χ4v) is 2.98. The lowest BCUT2D eigenvalue weighted by Gasteiger charge is -2.21. The maximum absolute atomic E-state index is 14.2. The van der Waals surface area contributed by atoms with Crippen LogP contribution in [0.5, 0.6) is 0 Å². The Kier molecular flexibility index (Phi) is 2.47. The van der Waals surface area contributed by atoms with Gasteiger partial charge in [-0.15, -0.1) is 11.6 Å². The molecule has 5 atom stereocenters. The van der Waals surface area contributed by atoms with Gasteiger partial charge in [-0.25, -0.2) is 9.18 Å². The Hall–Kier alpha value is -1.22. The Balaban J connectivity index is 2.00. The van der Waals surface area contributed by atoms with E-state index in [1.165, 1.54) is 12.3 Å². The molecule has 19 heavy (non-hydrogen) atoms. The SMILES string of the molecule is Nc1ccn([C@@H]2O[C@]3(CCl)C(O)[C@]3(O)[C@H]2F)c(=O)n1. The highest BCUT2D eigenvalue weighted by molar-refractivity contribution is 6.19. The van der Waals surface area contributed by atoms with Gasteiger partial charge >= 0.3 is 5.69 Å². The van der Waals surface area contributed by atoms with Crippen LogP contribution in [-0.2, 0) is 4.74 Å². The fraction of sp³-hybridized carbons (Fsp3) is 0.600. The number of ether oxygens (including phenoxy) is 1. The number of hydrogen-bond acceptors (Lipinski definition) is 6. The van der Waals surface area contributed by atoms with Crippen molar-refractivity contribution in [3.05, 3.63) is 22.7 Å². The summed E-state index contributed by atoms with van der Waals surface area (Å²) in [5.74, 6) is -0.302. The highest BCUT2D eigenvalue weighted by Crippen LogP contribution is 2.63. The molecule has 1 saturated carbocycles. The van der Waals surface area contributed by atoms with Crippen molar-refractivity contribution in [1.82, 2.24) is 9.55 Å². The summed E-state index contributed by atoms with van der Waals surface area (Å²) in [6.45, 7) is 0. The molecule has 1 unspecified atom stereocenters. The van der Waals surface area contributed by atoms with Crippen molar-refractivity contribution in [3.63, 3.8) is 0 Å². The van der Waals surface area contributed by atoms with E-state index in [1.807, 2.05) is 0 Å². The molecule has 0 amide bonds. The number of nitrogens with zero attached hydrogens (tertiary/aromatic N) is 2. The molecular weight excluding hydrogens is 281 g/mol. The summed E-state index contributed by atoms with van der Waals surface area (Å²) in [4.78, 5) is 15.1. The van der Waals surface area contributed by atoms with Crippen LogP contribution in [-0.4, -0.2) is 49.1 Å². The minimum atomic E-state index is -2.10. The maximum atomic E-state index is 14.2. The smallest absolute Gasteiger partial charge is 0.351 e. The number of fused-ring (bicyclic) bond motifs is 1. The number of nitrogen functional groups attached to an aromatic ring is 1. The van der Waals surface area contributed by atoms with E-state index in [4.69, 9.17) is 22.1 Å². The first-order valence-electron chi connectivity index (χ1n) is 5.51. The molecule has 7 nitrogen and oxygen atoms in total. The summed E-state index contributed by atoms with van der Waals surface area (Å²) < 4.78 is 20.4. The Morgan fingerprint density at radius 3 is 2.89 bits per heavy atom. The highest BCUT2D eigenvalue weighted by atomic mass is 35.5. The monoisotopic (exact) mass is 291 g/mol. The van der Waals surface area contributed by atoms with Crippen molar-refractivity contribution < 1.29 is 19.3 Å². The summed E-state index contributed by atoms with van der Waals surface area (Å²) in [5.41, 5.74) is 0.838. The average molecular weight is 292 g/mol. The van der Waals surface area contributed by atoms with Gasteiger partial charge < -0.3 is 20.7 Å². The number of rotatable bonds is 2. The summed E-state index contributed by atoms with van der Waals surface area (Å²) >= 11 is 5.62. The second-order valence-electron chi connectivity index (χ2n) is 4.70. The number of hydrogen-bond donors (Lipinski definition) is 3. The van der Waals surface area contributed by atoms with Crippen molar-refractivity contribution in [2.75, 3.05) is 11.6 Å². The molecule has 0 bridgehead atoms. The third-order valence-corrected chi connectivity index (χ3v) is 4.18. The normalized spacial score (nSPS) is 44.1. The Morgan fingerprint density at radius 2 is 2.37 bits per heavy atom. The van der Waals surface area contributed by atoms with E-state index < -0.39 is 35.4 Å². The molecule has 0 radical (unpaired) electrons. The molecule has 1 aliphatic carbocycles. The first-order chi connectivity index (χ1) is 8.88. The molecule has 2 heterocycles. The Morgan fingerprint density at radius 1 is 1.68 bits per heavy atom. The summed E-state index contributed by atoms with van der Waals surface area (Å²) in [6.07, 6.45) is -3.59. The third-order valence-electron chi connectivity index (χ3n) is 3.78. The molecule has 9 heteroatoms. The topological polar surface area (TPSA) is 111 Å². The predicted molar refractivity (Wildman–Crippen MR) is 62.3 cm³/mol. The van der Waals surface area contributed by atoms with E-state index in [1.54, 1.807) is 0 Å². The Bertz CT molecular complexity index is 594. The maximum Gasteiger partial charge on any atom is 0.351 e. The second kappa shape index (κ2) is 3.66. The van der Waals surface area contributed by atoms with Crippen LogP contribution in [0.1, 0.15) is 6.23 Å². The number of nitrogens with two attached hydrogens (primary N) is 1. The van der Waals surface area contributed by atoms with Crippen LogP contribution < -0.4 is 11.4 Å². The van der Waals surface area contributed by atoms with Gasteiger partial charge in [-0.2, -0.15) is 4.98 Å². The van der Waals surface area contributed by atoms with Crippen molar-refractivity contribution in [1.29, 1.82) is 0 Å². The van der Waals surface area contributed by atoms with Crippen LogP contribution >= 0.6 is 11.6 Å². The molecule has 1 saturated heterocycles. The number of aliphatic hydroxyl groups excluding tert-OH is 1. The van der Waals surface area contributed by atoms with Crippen molar-refractivity contribution in [2.45, 2.75) is 29.7 Å². The molecule has 1 aliphatic heterocycles. The molecule has 0 spiro atoms. The fourth-order valence-electron chi connectivity index (χ4n) is 2.56. The van der Waals surface area contributed by atoms with Crippen LogP contribution in [0.2, 0.25) is 0 Å². The lowest BCUT2D eigenvalue weighted by molar-refractivity contribution is -0.0867. The van der Waals surface area contributed by atoms with E-state index in [0.29, 0.717) is 0 Å². The van der Waals surface area contributed by atoms with Gasteiger partial charge in [-0.1, -0.05) is 0 Å². The first-order valence-corrected chi connectivity index (χ1v) is 6.05. The number of alkyl halides is 2. The van der Waals surface area contributed by atoms with Crippen molar-refractivity contribution in [2.24, 2.45) is 0 Å². The summed E-state index contributed by atoms with van der Waals surface area (Å²) in [5, 5.41) is 19.6. The zero-order chi connectivity index (χ0) is 14.0. The van der Waals surface area contributed by atoms with Gasteiger partial charge in [0, 0.05) is 6.20 Å². The van der Waals surface area contributed by atoms with Gasteiger partial charge in [0.15, 0.2) is 18.0 Å². The molecule has 1 aromatic heterocycles. The largest absolute Gasteiger partial charge is 0.387 e. The Labute approximate surface area is 111 Å². The van der Waals surface area contributed by atoms with Crippen LogP contribution in [0.3, 0.4) is 0 Å². The number of aromatic nitrogens is 2. The standard InChI is InChI=1S/C10H11ClFN3O4/c11-3-9-7(16)10(9,18)5(12)6(19-9)15-2-1-4(13)14-8(15)17/h1-2,5-7,16,18H,3H2,(H2,13,14,17)/t5-,6+,7?,9+,10+/m0/s1. The van der Waals surface area contributed by atoms with Crippen LogP contribution in [0, 0.1) is 0 Å². The minimum absolute atomic E-state index is 0.00869. The molecule has 1 aromatic rings. The number of anilines is 1. The van der Waals surface area contributed by atoms with Crippen LogP contribution in [0.25, 0.3) is 0 Å². The van der Waals surface area contributed by atoms with Crippen molar-refractivity contribution in [3.8, 4) is 0 Å². The van der Waals surface area contributed by atoms with Gasteiger partial charge in [-0.3, -0.25) is 4.57 Å². The average Bonchev–Trinajstić information content (AvgIpc) is 2.73. The molecule has 2 fully saturated rings. The lowest BCUT2D eigenvalue weighted by Crippen LogP contribution is -2.38. The number of halogens is 2. The van der Waals surface area contributed by atoms with Gasteiger partial charge in [0.2, 0.25) is 0 Å². The quantitative estimate of drug-likeness (QED) is 0.589. The van der Waals surface area contributed by atoms with E-state index in [0.717, 1.165) is 4.57 Å². The second-order valence-corrected chi connectivity index (χ2v) is 4.97. The van der Waals surface area contributed by atoms with Crippen molar-refractivity contribution >= 4 is 17.4 Å². The summed E-state index contributed by atoms with van der Waals surface area (Å²) in [6, 6.07) is 1.30. The van der Waals surface area contributed by atoms with E-state index in [-0.39, 0.29) is 11.7 Å².